The molecule has 3 N–H and O–H groups in total. The molecule has 1 saturated carbocycles. The zero-order valence-corrected chi connectivity index (χ0v) is 16.9. The molecule has 3 aromatic rings. The molecular weight excluding hydrogens is 388 g/mol. The van der Waals surface area contributed by atoms with E-state index in [1.54, 1.807) is 24.5 Å². The lowest BCUT2D eigenvalue weighted by atomic mass is 9.95. The van der Waals surface area contributed by atoms with E-state index in [4.69, 9.17) is 10.5 Å². The smallest absolute Gasteiger partial charge is 0.341 e. The zero-order valence-electron chi connectivity index (χ0n) is 16.1. The predicted octanol–water partition coefficient (Wildman–Crippen LogP) is 4.11. The molecule has 0 aliphatic heterocycles. The third kappa shape index (κ3) is 2.88. The molecule has 1 unspecified atom stereocenters. The van der Waals surface area contributed by atoms with E-state index in [9.17, 15) is 14.7 Å². The van der Waals surface area contributed by atoms with Gasteiger partial charge in [0.2, 0.25) is 5.43 Å². The summed E-state index contributed by atoms with van der Waals surface area (Å²) in [5.74, 6) is -0.579. The van der Waals surface area contributed by atoms with Crippen LogP contribution in [0.3, 0.4) is 0 Å². The van der Waals surface area contributed by atoms with Gasteiger partial charge in [-0.3, -0.25) is 4.79 Å². The Labute approximate surface area is 171 Å². The number of carboxylic acid groups (broad SMARTS) is 1. The number of aryl methyl sites for hydroxylation is 1. The Kier molecular flexibility index (Phi) is 4.26. The fraction of sp³-hybridized carbons (Fsp3) is 0.364. The normalized spacial score (nSPS) is 18.6. The lowest BCUT2D eigenvalue weighted by Crippen LogP contribution is -2.19. The van der Waals surface area contributed by atoms with Crippen molar-refractivity contribution in [2.24, 2.45) is 5.73 Å². The molecule has 0 saturated heterocycles. The standard InChI is InChI=1S/C22H22N2O4S/c1-28-20-13(17-9-11-3-2-4-16(23)21(11)29-17)7-8-14-18(20)24(12-5-6-12)10-15(19(14)25)22(26)27/h7-10,12,16H,2-6,23H2,1H3,(H,26,27). The molecule has 1 atom stereocenters. The minimum absolute atomic E-state index is 0.0757. The second-order valence-electron chi connectivity index (χ2n) is 7.86. The lowest BCUT2D eigenvalue weighted by molar-refractivity contribution is 0.0695. The van der Waals surface area contributed by atoms with Gasteiger partial charge in [-0.15, -0.1) is 11.3 Å². The van der Waals surface area contributed by atoms with Gasteiger partial charge in [-0.05, 0) is 55.9 Å². The van der Waals surface area contributed by atoms with Gasteiger partial charge in [-0.1, -0.05) is 0 Å². The maximum absolute atomic E-state index is 12.8. The first-order valence-electron chi connectivity index (χ1n) is 9.87. The largest absolute Gasteiger partial charge is 0.494 e. The Balaban J connectivity index is 1.79. The molecule has 2 heterocycles. The van der Waals surface area contributed by atoms with Gasteiger partial charge in [0.15, 0.2) is 5.75 Å². The Morgan fingerprint density at radius 3 is 2.76 bits per heavy atom. The van der Waals surface area contributed by atoms with Crippen molar-refractivity contribution in [2.45, 2.75) is 44.2 Å². The third-order valence-corrected chi connectivity index (χ3v) is 7.27. The van der Waals surface area contributed by atoms with Crippen LogP contribution in [0.15, 0.2) is 29.2 Å². The number of carboxylic acids is 1. The summed E-state index contributed by atoms with van der Waals surface area (Å²) in [6, 6.07) is 6.07. The highest BCUT2D eigenvalue weighted by Gasteiger charge is 2.30. The van der Waals surface area contributed by atoms with Crippen LogP contribution in [0.1, 0.15) is 58.6 Å². The minimum Gasteiger partial charge on any atom is -0.494 e. The number of aromatic carboxylic acids is 1. The number of benzene rings is 1. The van der Waals surface area contributed by atoms with Gasteiger partial charge in [0.05, 0.1) is 18.0 Å². The van der Waals surface area contributed by atoms with Crippen molar-refractivity contribution in [1.82, 2.24) is 4.57 Å². The first kappa shape index (κ1) is 18.4. The molecule has 6 nitrogen and oxygen atoms in total. The number of pyridine rings is 1. The van der Waals surface area contributed by atoms with Crippen LogP contribution >= 0.6 is 11.3 Å². The highest BCUT2D eigenvalue weighted by atomic mass is 32.1. The van der Waals surface area contributed by atoms with Crippen LogP contribution in [-0.2, 0) is 6.42 Å². The molecule has 7 heteroatoms. The lowest BCUT2D eigenvalue weighted by Gasteiger charge is -2.17. The maximum Gasteiger partial charge on any atom is 0.341 e. The summed E-state index contributed by atoms with van der Waals surface area (Å²) in [4.78, 5) is 26.7. The molecule has 0 radical (unpaired) electrons. The molecular formula is C22H22N2O4S. The Bertz CT molecular complexity index is 1210. The van der Waals surface area contributed by atoms with Gasteiger partial charge in [0.25, 0.3) is 0 Å². The Morgan fingerprint density at radius 2 is 2.10 bits per heavy atom. The predicted molar refractivity (Wildman–Crippen MR) is 113 cm³/mol. The quantitative estimate of drug-likeness (QED) is 0.675. The van der Waals surface area contributed by atoms with Crippen molar-refractivity contribution in [3.8, 4) is 16.2 Å². The summed E-state index contributed by atoms with van der Waals surface area (Å²) in [5, 5.41) is 9.86. The molecule has 150 valence electrons. The maximum atomic E-state index is 12.8. The van der Waals surface area contributed by atoms with E-state index in [2.05, 4.69) is 6.07 Å². The zero-order chi connectivity index (χ0) is 20.3. The molecule has 2 aliphatic rings. The molecule has 5 rings (SSSR count). The van der Waals surface area contributed by atoms with E-state index in [0.717, 1.165) is 42.5 Å². The molecule has 2 aliphatic carbocycles. The number of methoxy groups -OCH3 is 1. The number of hydrogen-bond donors (Lipinski definition) is 2. The van der Waals surface area contributed by atoms with Crippen LogP contribution < -0.4 is 15.9 Å². The van der Waals surface area contributed by atoms with Crippen LogP contribution in [0.4, 0.5) is 0 Å². The monoisotopic (exact) mass is 410 g/mol. The van der Waals surface area contributed by atoms with E-state index >= 15 is 0 Å². The molecule has 29 heavy (non-hydrogen) atoms. The number of rotatable bonds is 4. The average molecular weight is 410 g/mol. The Hall–Kier alpha value is -2.64. The fourth-order valence-corrected chi connectivity index (χ4v) is 5.61. The second kappa shape index (κ2) is 6.71. The molecule has 2 aromatic heterocycles. The van der Waals surface area contributed by atoms with Crippen molar-refractivity contribution >= 4 is 28.2 Å². The van der Waals surface area contributed by atoms with Gasteiger partial charge >= 0.3 is 5.97 Å². The highest BCUT2D eigenvalue weighted by Crippen LogP contribution is 2.46. The van der Waals surface area contributed by atoms with Crippen molar-refractivity contribution in [3.63, 3.8) is 0 Å². The van der Waals surface area contributed by atoms with E-state index in [-0.39, 0.29) is 17.6 Å². The summed E-state index contributed by atoms with van der Waals surface area (Å²) in [7, 11) is 1.60. The van der Waals surface area contributed by atoms with E-state index in [1.165, 1.54) is 16.6 Å². The number of ether oxygens (including phenoxy) is 1. The molecule has 1 aromatic carbocycles. The number of aromatic nitrogens is 1. The molecule has 1 fully saturated rings. The number of thiophene rings is 1. The number of nitrogens with two attached hydrogens (primary N) is 1. The summed E-state index contributed by atoms with van der Waals surface area (Å²) in [5.41, 5.74) is 8.54. The van der Waals surface area contributed by atoms with Crippen LogP contribution in [-0.4, -0.2) is 22.8 Å². The van der Waals surface area contributed by atoms with Crippen molar-refractivity contribution in [1.29, 1.82) is 0 Å². The van der Waals surface area contributed by atoms with Crippen LogP contribution in [0.5, 0.6) is 5.75 Å². The second-order valence-corrected chi connectivity index (χ2v) is 8.94. The van der Waals surface area contributed by atoms with E-state index in [1.807, 2.05) is 10.6 Å². The van der Waals surface area contributed by atoms with Gasteiger partial charge in [-0.2, -0.15) is 0 Å². The number of nitrogens with zero attached hydrogens (tertiary/aromatic N) is 1. The Morgan fingerprint density at radius 1 is 1.31 bits per heavy atom. The van der Waals surface area contributed by atoms with E-state index < -0.39 is 11.4 Å². The first-order chi connectivity index (χ1) is 14.0. The van der Waals surface area contributed by atoms with Gasteiger partial charge < -0.3 is 20.1 Å². The molecule has 0 bridgehead atoms. The minimum atomic E-state index is -1.20. The summed E-state index contributed by atoms with van der Waals surface area (Å²) in [6.45, 7) is 0. The molecule has 0 spiro atoms. The fourth-order valence-electron chi connectivity index (χ4n) is 4.34. The summed E-state index contributed by atoms with van der Waals surface area (Å²) < 4.78 is 7.73. The van der Waals surface area contributed by atoms with E-state index in [0.29, 0.717) is 16.7 Å². The van der Waals surface area contributed by atoms with Crippen molar-refractivity contribution in [3.05, 3.63) is 50.6 Å². The van der Waals surface area contributed by atoms with Gasteiger partial charge in [0, 0.05) is 33.6 Å². The first-order valence-corrected chi connectivity index (χ1v) is 10.7. The highest BCUT2D eigenvalue weighted by molar-refractivity contribution is 7.15. The van der Waals surface area contributed by atoms with Crippen LogP contribution in [0.25, 0.3) is 21.3 Å². The number of fused-ring (bicyclic) bond motifs is 2. The third-order valence-electron chi connectivity index (χ3n) is 5.93. The average Bonchev–Trinajstić information content (AvgIpc) is 3.45. The number of carbonyl (C=O) groups is 1. The van der Waals surface area contributed by atoms with Gasteiger partial charge in [-0.25, -0.2) is 4.79 Å². The van der Waals surface area contributed by atoms with Gasteiger partial charge in [0.1, 0.15) is 5.56 Å². The summed E-state index contributed by atoms with van der Waals surface area (Å²) in [6.07, 6.45) is 6.54. The number of hydrogen-bond acceptors (Lipinski definition) is 5. The SMILES string of the molecule is COc1c(-c2cc3c(s2)C(N)CCC3)ccc2c(=O)c(C(=O)O)cn(C3CC3)c12. The van der Waals surface area contributed by atoms with Crippen molar-refractivity contribution < 1.29 is 14.6 Å². The molecule has 0 amide bonds. The van der Waals surface area contributed by atoms with Crippen LogP contribution in [0, 0.1) is 0 Å². The van der Waals surface area contributed by atoms with Crippen LogP contribution in [0.2, 0.25) is 0 Å². The summed E-state index contributed by atoms with van der Waals surface area (Å²) >= 11 is 1.69. The topological polar surface area (TPSA) is 94.6 Å². The van der Waals surface area contributed by atoms with Crippen molar-refractivity contribution in [2.75, 3.05) is 7.11 Å².